The first-order valence-corrected chi connectivity index (χ1v) is 7.08. The second kappa shape index (κ2) is 5.21. The zero-order valence-electron chi connectivity index (χ0n) is 8.51. The molecule has 0 aliphatic heterocycles. The van der Waals surface area contributed by atoms with E-state index in [1.807, 2.05) is 6.07 Å². The maximum atomic E-state index is 5.21. The minimum atomic E-state index is -0.262. The minimum absolute atomic E-state index is 0.262. The van der Waals surface area contributed by atoms with Crippen LogP contribution in [0.4, 0.5) is 0 Å². The summed E-state index contributed by atoms with van der Waals surface area (Å²) in [5, 5.41) is 0. The molecule has 0 fully saturated rings. The van der Waals surface area contributed by atoms with Gasteiger partial charge < -0.3 is 0 Å². The van der Waals surface area contributed by atoms with E-state index in [1.165, 1.54) is 7.22 Å². The molecule has 2 aromatic rings. The Hall–Kier alpha value is -0.970. The van der Waals surface area contributed by atoms with Gasteiger partial charge >= 0.3 is 100 Å². The number of ether oxygens (including phenoxy) is 1. The van der Waals surface area contributed by atoms with Gasteiger partial charge in [0.05, 0.1) is 0 Å². The van der Waals surface area contributed by atoms with Crippen molar-refractivity contribution < 1.29 is 4.74 Å². The van der Waals surface area contributed by atoms with E-state index >= 15 is 0 Å². The Labute approximate surface area is 100 Å². The Bertz CT molecular complexity index is 426. The molecule has 2 heteroatoms. The summed E-state index contributed by atoms with van der Waals surface area (Å²) < 4.78 is 8.08. The average molecular weight is 312 g/mol. The maximum absolute atomic E-state index is 5.21. The van der Waals surface area contributed by atoms with Crippen LogP contribution in [-0.4, -0.2) is 28.0 Å². The van der Waals surface area contributed by atoms with Crippen molar-refractivity contribution in [3.63, 3.8) is 0 Å². The summed E-state index contributed by atoms with van der Waals surface area (Å²) in [7, 11) is 1.71. The SMILES string of the molecule is COc1cccc([Te]c2ccccc2)c1. The monoisotopic (exact) mass is 314 g/mol. The van der Waals surface area contributed by atoms with Gasteiger partial charge in [-0.15, -0.1) is 0 Å². The van der Waals surface area contributed by atoms with E-state index in [0.29, 0.717) is 0 Å². The molecule has 15 heavy (non-hydrogen) atoms. The fourth-order valence-electron chi connectivity index (χ4n) is 1.29. The number of methoxy groups -OCH3 is 1. The predicted molar refractivity (Wildman–Crippen MR) is 64.5 cm³/mol. The molecule has 0 radical (unpaired) electrons. The summed E-state index contributed by atoms with van der Waals surface area (Å²) in [6.45, 7) is 0. The van der Waals surface area contributed by atoms with Crippen LogP contribution in [0.5, 0.6) is 5.75 Å². The molecule has 0 N–H and O–H groups in total. The molecule has 0 aliphatic rings. The van der Waals surface area contributed by atoms with Crippen molar-refractivity contribution in [2.75, 3.05) is 7.11 Å². The van der Waals surface area contributed by atoms with Gasteiger partial charge in [-0.2, -0.15) is 0 Å². The molecule has 0 amide bonds. The third-order valence-corrected chi connectivity index (χ3v) is 4.87. The van der Waals surface area contributed by atoms with Gasteiger partial charge in [-0.3, -0.25) is 0 Å². The van der Waals surface area contributed by atoms with Gasteiger partial charge in [0.2, 0.25) is 0 Å². The van der Waals surface area contributed by atoms with Crippen LogP contribution < -0.4 is 12.0 Å². The Morgan fingerprint density at radius 1 is 0.867 bits per heavy atom. The molecule has 0 bridgehead atoms. The summed E-state index contributed by atoms with van der Waals surface area (Å²) in [5.74, 6) is 0.952. The normalized spacial score (nSPS) is 9.93. The number of rotatable bonds is 3. The van der Waals surface area contributed by atoms with E-state index in [2.05, 4.69) is 48.5 Å². The molecule has 0 saturated heterocycles. The van der Waals surface area contributed by atoms with Crippen LogP contribution in [0.2, 0.25) is 0 Å². The number of benzene rings is 2. The topological polar surface area (TPSA) is 9.23 Å². The summed E-state index contributed by atoms with van der Waals surface area (Å²) in [5.41, 5.74) is 0. The van der Waals surface area contributed by atoms with Crippen molar-refractivity contribution in [1.82, 2.24) is 0 Å². The summed E-state index contributed by atoms with van der Waals surface area (Å²) in [4.78, 5) is 0. The van der Waals surface area contributed by atoms with E-state index in [1.54, 1.807) is 7.11 Å². The van der Waals surface area contributed by atoms with Gasteiger partial charge in [0.25, 0.3) is 0 Å². The first kappa shape index (κ1) is 10.5. The van der Waals surface area contributed by atoms with Crippen LogP contribution >= 0.6 is 0 Å². The van der Waals surface area contributed by atoms with Crippen molar-refractivity contribution in [1.29, 1.82) is 0 Å². The van der Waals surface area contributed by atoms with E-state index in [9.17, 15) is 0 Å². The second-order valence-electron chi connectivity index (χ2n) is 3.09. The van der Waals surface area contributed by atoms with Crippen LogP contribution in [0, 0.1) is 0 Å². The van der Waals surface area contributed by atoms with Crippen LogP contribution in [-0.2, 0) is 0 Å². The fourth-order valence-corrected chi connectivity index (χ4v) is 3.82. The van der Waals surface area contributed by atoms with Gasteiger partial charge in [0.1, 0.15) is 0 Å². The van der Waals surface area contributed by atoms with Gasteiger partial charge in [-0.05, 0) is 0 Å². The van der Waals surface area contributed by atoms with E-state index < -0.39 is 0 Å². The van der Waals surface area contributed by atoms with Gasteiger partial charge in [0, 0.05) is 0 Å². The Kier molecular flexibility index (Phi) is 3.66. The molecule has 2 aromatic carbocycles. The van der Waals surface area contributed by atoms with E-state index in [0.717, 1.165) is 5.75 Å². The van der Waals surface area contributed by atoms with E-state index in [4.69, 9.17) is 4.74 Å². The van der Waals surface area contributed by atoms with Crippen LogP contribution in [0.3, 0.4) is 0 Å². The Morgan fingerprint density at radius 3 is 2.33 bits per heavy atom. The molecule has 0 heterocycles. The molecule has 2 rings (SSSR count). The van der Waals surface area contributed by atoms with Crippen molar-refractivity contribution in [3.8, 4) is 5.75 Å². The third kappa shape index (κ3) is 2.99. The molecule has 0 aliphatic carbocycles. The zero-order valence-corrected chi connectivity index (χ0v) is 10.8. The molecule has 1 nitrogen and oxygen atoms in total. The van der Waals surface area contributed by atoms with Crippen molar-refractivity contribution in [3.05, 3.63) is 54.6 Å². The van der Waals surface area contributed by atoms with E-state index in [-0.39, 0.29) is 20.9 Å². The number of hydrogen-bond donors (Lipinski definition) is 0. The third-order valence-electron chi connectivity index (χ3n) is 2.02. The van der Waals surface area contributed by atoms with Crippen molar-refractivity contribution in [2.45, 2.75) is 0 Å². The average Bonchev–Trinajstić information content (AvgIpc) is 2.31. The van der Waals surface area contributed by atoms with Crippen molar-refractivity contribution >= 4 is 28.1 Å². The molecule has 0 saturated carbocycles. The van der Waals surface area contributed by atoms with Gasteiger partial charge in [0.15, 0.2) is 0 Å². The molecular formula is C13H12OTe. The van der Waals surface area contributed by atoms with Gasteiger partial charge in [-0.1, -0.05) is 0 Å². The molecule has 0 unspecified atom stereocenters. The zero-order chi connectivity index (χ0) is 10.5. The quantitative estimate of drug-likeness (QED) is 0.778. The van der Waals surface area contributed by atoms with Crippen molar-refractivity contribution in [2.24, 2.45) is 0 Å². The molecular weight excluding hydrogens is 300 g/mol. The van der Waals surface area contributed by atoms with Crippen LogP contribution in [0.1, 0.15) is 0 Å². The Morgan fingerprint density at radius 2 is 1.60 bits per heavy atom. The predicted octanol–water partition coefficient (Wildman–Crippen LogP) is 1.35. The summed E-state index contributed by atoms with van der Waals surface area (Å²) in [6.07, 6.45) is 0. The molecule has 0 aromatic heterocycles. The fraction of sp³-hybridized carbons (Fsp3) is 0.0769. The first-order valence-electron chi connectivity index (χ1n) is 4.75. The molecule has 76 valence electrons. The summed E-state index contributed by atoms with van der Waals surface area (Å²) >= 11 is -0.262. The molecule has 0 spiro atoms. The van der Waals surface area contributed by atoms with Crippen LogP contribution in [0.25, 0.3) is 0 Å². The first-order chi connectivity index (χ1) is 7.38. The Balaban J connectivity index is 2.17. The standard InChI is InChI=1S/C13H12OTe/c1-14-11-6-5-9-13(10-11)15-12-7-3-2-4-8-12/h2-10H,1H3. The number of hydrogen-bond acceptors (Lipinski definition) is 1. The second-order valence-corrected chi connectivity index (χ2v) is 6.37. The molecule has 0 atom stereocenters. The van der Waals surface area contributed by atoms with Crippen LogP contribution in [0.15, 0.2) is 54.6 Å². The van der Waals surface area contributed by atoms with Gasteiger partial charge in [-0.25, -0.2) is 0 Å². The summed E-state index contributed by atoms with van der Waals surface area (Å²) in [6, 6.07) is 19.0.